The van der Waals surface area contributed by atoms with E-state index in [1.807, 2.05) is 0 Å². The van der Waals surface area contributed by atoms with Crippen molar-refractivity contribution < 1.29 is 9.53 Å². The molecule has 9 heteroatoms. The molecule has 1 N–H and O–H groups in total. The fourth-order valence-corrected chi connectivity index (χ4v) is 2.16. The number of ether oxygens (including phenoxy) is 1. The molecule has 0 aromatic carbocycles. The lowest BCUT2D eigenvalue weighted by molar-refractivity contribution is 0.102. The number of nitrogens with zero attached hydrogens (tertiary/aromatic N) is 5. The molecule has 25 heavy (non-hydrogen) atoms. The smallest absolute Gasteiger partial charge is 0.257 e. The van der Waals surface area contributed by atoms with E-state index in [2.05, 4.69) is 20.4 Å². The molecular formula is C16H16N6O3. The van der Waals surface area contributed by atoms with Crippen molar-refractivity contribution in [2.24, 2.45) is 0 Å². The standard InChI is InChI=1S/C16H16N6O3/c1-25-7-6-21-9-12(2-5-15(21)23)16(24)20-13-3-4-14(18-8-13)22-11-17-10-19-22/h2-5,8-11H,6-7H2,1H3,(H,20,24). The van der Waals surface area contributed by atoms with Gasteiger partial charge in [0.15, 0.2) is 5.82 Å². The third-order valence-electron chi connectivity index (χ3n) is 3.44. The SMILES string of the molecule is COCCn1cc(C(=O)Nc2ccc(-n3cncn3)nc2)ccc1=O. The molecule has 3 aromatic heterocycles. The highest BCUT2D eigenvalue weighted by molar-refractivity contribution is 6.03. The minimum absolute atomic E-state index is 0.188. The Labute approximate surface area is 142 Å². The van der Waals surface area contributed by atoms with Gasteiger partial charge in [0.2, 0.25) is 0 Å². The van der Waals surface area contributed by atoms with Gasteiger partial charge in [0.1, 0.15) is 12.7 Å². The highest BCUT2D eigenvalue weighted by atomic mass is 16.5. The molecule has 0 radical (unpaired) electrons. The topological polar surface area (TPSA) is 104 Å². The summed E-state index contributed by atoms with van der Waals surface area (Å²) in [7, 11) is 1.55. The van der Waals surface area contributed by atoms with Gasteiger partial charge in [-0.3, -0.25) is 9.59 Å². The number of carbonyl (C=O) groups excluding carboxylic acids is 1. The van der Waals surface area contributed by atoms with Gasteiger partial charge in [-0.1, -0.05) is 0 Å². The van der Waals surface area contributed by atoms with Crippen LogP contribution in [0.1, 0.15) is 10.4 Å². The molecule has 9 nitrogen and oxygen atoms in total. The first-order valence-electron chi connectivity index (χ1n) is 7.49. The Morgan fingerprint density at radius 1 is 1.28 bits per heavy atom. The molecule has 3 heterocycles. The van der Waals surface area contributed by atoms with Crippen molar-refractivity contribution >= 4 is 11.6 Å². The summed E-state index contributed by atoms with van der Waals surface area (Å²) in [5, 5.41) is 6.72. The second kappa shape index (κ2) is 7.49. The zero-order chi connectivity index (χ0) is 17.6. The van der Waals surface area contributed by atoms with Crippen molar-refractivity contribution in [3.05, 3.63) is 65.2 Å². The second-order valence-electron chi connectivity index (χ2n) is 5.14. The van der Waals surface area contributed by atoms with Crippen molar-refractivity contribution in [2.75, 3.05) is 19.0 Å². The Hall–Kier alpha value is -3.33. The summed E-state index contributed by atoms with van der Waals surface area (Å²) in [6.07, 6.45) is 5.98. The zero-order valence-corrected chi connectivity index (χ0v) is 13.5. The molecule has 3 aromatic rings. The largest absolute Gasteiger partial charge is 0.383 e. The predicted molar refractivity (Wildman–Crippen MR) is 89.7 cm³/mol. The van der Waals surface area contributed by atoms with Gasteiger partial charge in [-0.15, -0.1) is 0 Å². The lowest BCUT2D eigenvalue weighted by Crippen LogP contribution is -2.23. The van der Waals surface area contributed by atoms with Crippen LogP contribution in [0, 0.1) is 0 Å². The Morgan fingerprint density at radius 3 is 2.84 bits per heavy atom. The fourth-order valence-electron chi connectivity index (χ4n) is 2.16. The number of anilines is 1. The lowest BCUT2D eigenvalue weighted by Gasteiger charge is -2.09. The number of hydrogen-bond acceptors (Lipinski definition) is 6. The maximum Gasteiger partial charge on any atom is 0.257 e. The number of aromatic nitrogens is 5. The summed E-state index contributed by atoms with van der Waals surface area (Å²) in [5.74, 6) is 0.255. The number of rotatable bonds is 6. The van der Waals surface area contributed by atoms with Gasteiger partial charge < -0.3 is 14.6 Å². The van der Waals surface area contributed by atoms with Crippen LogP contribution < -0.4 is 10.9 Å². The van der Waals surface area contributed by atoms with Crippen LogP contribution in [0.25, 0.3) is 5.82 Å². The van der Waals surface area contributed by atoms with E-state index in [-0.39, 0.29) is 11.5 Å². The van der Waals surface area contributed by atoms with E-state index in [1.54, 1.807) is 19.2 Å². The molecule has 0 aliphatic rings. The molecule has 3 rings (SSSR count). The van der Waals surface area contributed by atoms with Gasteiger partial charge >= 0.3 is 0 Å². The number of hydrogen-bond donors (Lipinski definition) is 1. The Balaban J connectivity index is 1.72. The van der Waals surface area contributed by atoms with Crippen LogP contribution in [-0.4, -0.2) is 43.9 Å². The fraction of sp³-hybridized carbons (Fsp3) is 0.188. The first kappa shape index (κ1) is 16.5. The summed E-state index contributed by atoms with van der Waals surface area (Å²) < 4.78 is 7.90. The third kappa shape index (κ3) is 3.96. The Bertz CT molecular complexity index is 902. The van der Waals surface area contributed by atoms with Gasteiger partial charge in [0.25, 0.3) is 11.5 Å². The summed E-state index contributed by atoms with van der Waals surface area (Å²) >= 11 is 0. The molecule has 128 valence electrons. The molecule has 0 atom stereocenters. The molecule has 0 saturated carbocycles. The first-order chi connectivity index (χ1) is 12.2. The van der Waals surface area contributed by atoms with Crippen LogP contribution in [0.3, 0.4) is 0 Å². The van der Waals surface area contributed by atoms with Crippen molar-refractivity contribution in [1.82, 2.24) is 24.3 Å². The third-order valence-corrected chi connectivity index (χ3v) is 3.44. The van der Waals surface area contributed by atoms with Gasteiger partial charge in [0, 0.05) is 25.9 Å². The molecule has 0 aliphatic heterocycles. The Morgan fingerprint density at radius 2 is 2.16 bits per heavy atom. The highest BCUT2D eigenvalue weighted by Gasteiger charge is 2.09. The number of nitrogens with one attached hydrogen (secondary N) is 1. The van der Waals surface area contributed by atoms with Crippen molar-refractivity contribution in [2.45, 2.75) is 6.54 Å². The average Bonchev–Trinajstić information content (AvgIpc) is 3.16. The van der Waals surface area contributed by atoms with Gasteiger partial charge in [0.05, 0.1) is 24.1 Å². The van der Waals surface area contributed by atoms with Gasteiger partial charge in [-0.25, -0.2) is 14.6 Å². The van der Waals surface area contributed by atoms with Crippen LogP contribution in [0.15, 0.2) is 54.1 Å². The van der Waals surface area contributed by atoms with Crippen molar-refractivity contribution in [1.29, 1.82) is 0 Å². The van der Waals surface area contributed by atoms with E-state index in [0.29, 0.717) is 30.2 Å². The van der Waals surface area contributed by atoms with E-state index in [4.69, 9.17) is 4.74 Å². The minimum Gasteiger partial charge on any atom is -0.383 e. The second-order valence-corrected chi connectivity index (χ2v) is 5.14. The number of methoxy groups -OCH3 is 1. The molecule has 1 amide bonds. The van der Waals surface area contributed by atoms with E-state index in [9.17, 15) is 9.59 Å². The van der Waals surface area contributed by atoms with Crippen LogP contribution in [0.2, 0.25) is 0 Å². The molecule has 0 unspecified atom stereocenters. The van der Waals surface area contributed by atoms with E-state index < -0.39 is 0 Å². The normalized spacial score (nSPS) is 10.6. The van der Waals surface area contributed by atoms with E-state index in [1.165, 1.54) is 46.4 Å². The van der Waals surface area contributed by atoms with E-state index in [0.717, 1.165) is 0 Å². The maximum atomic E-state index is 12.4. The Kier molecular flexibility index (Phi) is 4.95. The predicted octanol–water partition coefficient (Wildman–Crippen LogP) is 0.723. The summed E-state index contributed by atoms with van der Waals surface area (Å²) in [5.41, 5.74) is 0.715. The molecule has 0 aliphatic carbocycles. The number of pyridine rings is 2. The molecular weight excluding hydrogens is 324 g/mol. The average molecular weight is 340 g/mol. The number of carbonyl (C=O) groups is 1. The van der Waals surface area contributed by atoms with Crippen LogP contribution in [0.4, 0.5) is 5.69 Å². The summed E-state index contributed by atoms with van der Waals surface area (Å²) in [6, 6.07) is 6.27. The summed E-state index contributed by atoms with van der Waals surface area (Å²) in [6.45, 7) is 0.767. The molecule has 0 bridgehead atoms. The van der Waals surface area contributed by atoms with Crippen molar-refractivity contribution in [3.63, 3.8) is 0 Å². The molecule has 0 saturated heterocycles. The van der Waals surface area contributed by atoms with Crippen LogP contribution >= 0.6 is 0 Å². The quantitative estimate of drug-likeness (QED) is 0.709. The van der Waals surface area contributed by atoms with Crippen LogP contribution in [0.5, 0.6) is 0 Å². The maximum absolute atomic E-state index is 12.4. The molecule has 0 spiro atoms. The van der Waals surface area contributed by atoms with Gasteiger partial charge in [-0.2, -0.15) is 5.10 Å². The first-order valence-corrected chi connectivity index (χ1v) is 7.49. The van der Waals surface area contributed by atoms with Gasteiger partial charge in [-0.05, 0) is 18.2 Å². The van der Waals surface area contributed by atoms with Crippen LogP contribution in [-0.2, 0) is 11.3 Å². The highest BCUT2D eigenvalue weighted by Crippen LogP contribution is 2.10. The number of amides is 1. The molecule has 0 fully saturated rings. The monoisotopic (exact) mass is 340 g/mol. The minimum atomic E-state index is -0.332. The summed E-state index contributed by atoms with van der Waals surface area (Å²) in [4.78, 5) is 32.2. The van der Waals surface area contributed by atoms with Crippen molar-refractivity contribution in [3.8, 4) is 5.82 Å². The van der Waals surface area contributed by atoms with E-state index >= 15 is 0 Å². The zero-order valence-electron chi connectivity index (χ0n) is 13.5. The lowest BCUT2D eigenvalue weighted by atomic mass is 10.2.